The van der Waals surface area contributed by atoms with Gasteiger partial charge < -0.3 is 15.0 Å². The van der Waals surface area contributed by atoms with E-state index in [2.05, 4.69) is 17.2 Å². The number of H-pyrrole nitrogens is 1. The fourth-order valence-corrected chi connectivity index (χ4v) is 2.21. The molecule has 1 amide bonds. The maximum Gasteiger partial charge on any atom is 0.355 e. The molecular weight excluding hydrogens is 268 g/mol. The van der Waals surface area contributed by atoms with Crippen molar-refractivity contribution < 1.29 is 14.3 Å². The van der Waals surface area contributed by atoms with Gasteiger partial charge in [0.15, 0.2) is 6.61 Å². The van der Waals surface area contributed by atoms with E-state index in [0.717, 1.165) is 23.7 Å². The third kappa shape index (κ3) is 4.08. The van der Waals surface area contributed by atoms with Crippen molar-refractivity contribution in [3.8, 4) is 0 Å². The van der Waals surface area contributed by atoms with Gasteiger partial charge in [-0.3, -0.25) is 4.79 Å². The average molecular weight is 288 g/mol. The zero-order chi connectivity index (χ0) is 15.2. The van der Waals surface area contributed by atoms with E-state index in [4.69, 9.17) is 4.74 Å². The first-order valence-electron chi connectivity index (χ1n) is 7.14. The standard InChI is InChI=1S/C16H20N2O3/c1-3-6-11(2)17-15(19)10-21-16(20)14-9-12-7-4-5-8-13(12)18-14/h4-5,7-9,11,18H,3,6,10H2,1-2H3,(H,17,19)/t11-/m0/s1. The maximum absolute atomic E-state index is 11.9. The van der Waals surface area contributed by atoms with Gasteiger partial charge in [0, 0.05) is 16.9 Å². The Balaban J connectivity index is 1.88. The molecule has 0 fully saturated rings. The number of benzene rings is 1. The van der Waals surface area contributed by atoms with Crippen LogP contribution in [0.4, 0.5) is 0 Å². The second-order valence-corrected chi connectivity index (χ2v) is 5.10. The van der Waals surface area contributed by atoms with Crippen molar-refractivity contribution in [1.29, 1.82) is 0 Å². The molecule has 21 heavy (non-hydrogen) atoms. The van der Waals surface area contributed by atoms with Crippen LogP contribution in [0.15, 0.2) is 30.3 Å². The smallest absolute Gasteiger partial charge is 0.355 e. The van der Waals surface area contributed by atoms with Crippen LogP contribution in [0.25, 0.3) is 10.9 Å². The molecule has 112 valence electrons. The molecule has 0 aliphatic rings. The van der Waals surface area contributed by atoms with Crippen LogP contribution >= 0.6 is 0 Å². The minimum atomic E-state index is -0.524. The Hall–Kier alpha value is -2.30. The normalized spacial score (nSPS) is 12.1. The monoisotopic (exact) mass is 288 g/mol. The number of esters is 1. The summed E-state index contributed by atoms with van der Waals surface area (Å²) in [5.74, 6) is -0.801. The number of hydrogen-bond donors (Lipinski definition) is 2. The number of aromatic amines is 1. The summed E-state index contributed by atoms with van der Waals surface area (Å²) in [5, 5.41) is 3.72. The molecule has 1 aromatic heterocycles. The van der Waals surface area contributed by atoms with Crippen LogP contribution in [0.5, 0.6) is 0 Å². The van der Waals surface area contributed by atoms with Gasteiger partial charge in [-0.1, -0.05) is 31.5 Å². The fourth-order valence-electron chi connectivity index (χ4n) is 2.21. The molecule has 2 N–H and O–H groups in total. The lowest BCUT2D eigenvalue weighted by Crippen LogP contribution is -2.35. The third-order valence-corrected chi connectivity index (χ3v) is 3.21. The van der Waals surface area contributed by atoms with Gasteiger partial charge in [-0.05, 0) is 25.5 Å². The number of rotatable bonds is 6. The van der Waals surface area contributed by atoms with Gasteiger partial charge in [-0.25, -0.2) is 4.79 Å². The van der Waals surface area contributed by atoms with Gasteiger partial charge in [0.1, 0.15) is 5.69 Å². The number of ether oxygens (including phenoxy) is 1. The summed E-state index contributed by atoms with van der Waals surface area (Å²) >= 11 is 0. The molecule has 0 saturated carbocycles. The maximum atomic E-state index is 11.9. The van der Waals surface area contributed by atoms with Gasteiger partial charge in [0.25, 0.3) is 5.91 Å². The van der Waals surface area contributed by atoms with Crippen LogP contribution in [0.1, 0.15) is 37.2 Å². The van der Waals surface area contributed by atoms with Gasteiger partial charge >= 0.3 is 5.97 Å². The number of nitrogens with one attached hydrogen (secondary N) is 2. The molecule has 0 aliphatic heterocycles. The van der Waals surface area contributed by atoms with Crippen LogP contribution in [0.2, 0.25) is 0 Å². The topological polar surface area (TPSA) is 71.2 Å². The third-order valence-electron chi connectivity index (χ3n) is 3.21. The molecule has 2 rings (SSSR count). The SMILES string of the molecule is CCC[C@H](C)NC(=O)COC(=O)c1cc2ccccc2[nH]1. The van der Waals surface area contributed by atoms with Crippen LogP contribution in [0, 0.1) is 0 Å². The molecule has 5 heteroatoms. The second-order valence-electron chi connectivity index (χ2n) is 5.10. The predicted octanol–water partition coefficient (Wildman–Crippen LogP) is 2.63. The lowest BCUT2D eigenvalue weighted by atomic mass is 10.2. The molecule has 0 saturated heterocycles. The first-order chi connectivity index (χ1) is 10.1. The number of para-hydroxylation sites is 1. The number of aromatic nitrogens is 1. The van der Waals surface area contributed by atoms with E-state index >= 15 is 0 Å². The number of fused-ring (bicyclic) bond motifs is 1. The summed E-state index contributed by atoms with van der Waals surface area (Å²) in [6.45, 7) is 3.72. The van der Waals surface area contributed by atoms with Crippen molar-refractivity contribution in [2.24, 2.45) is 0 Å². The lowest BCUT2D eigenvalue weighted by Gasteiger charge is -2.12. The van der Waals surface area contributed by atoms with Crippen molar-refractivity contribution in [1.82, 2.24) is 10.3 Å². The van der Waals surface area contributed by atoms with Crippen LogP contribution in [-0.2, 0) is 9.53 Å². The van der Waals surface area contributed by atoms with E-state index in [9.17, 15) is 9.59 Å². The van der Waals surface area contributed by atoms with Crippen LogP contribution in [-0.4, -0.2) is 29.5 Å². The highest BCUT2D eigenvalue weighted by Gasteiger charge is 2.13. The Morgan fingerprint density at radius 3 is 2.81 bits per heavy atom. The summed E-state index contributed by atoms with van der Waals surface area (Å²) in [7, 11) is 0. The highest BCUT2D eigenvalue weighted by atomic mass is 16.5. The molecular formula is C16H20N2O3. The first kappa shape index (κ1) is 15.1. The number of amides is 1. The molecule has 1 heterocycles. The summed E-state index contributed by atoms with van der Waals surface area (Å²) in [6.07, 6.45) is 1.90. The molecule has 0 bridgehead atoms. The van der Waals surface area contributed by atoms with Crippen LogP contribution < -0.4 is 5.32 Å². The van der Waals surface area contributed by atoms with E-state index in [1.54, 1.807) is 6.07 Å². The van der Waals surface area contributed by atoms with E-state index in [0.29, 0.717) is 5.69 Å². The molecule has 2 aromatic rings. The quantitative estimate of drug-likeness (QED) is 0.803. The fraction of sp³-hybridized carbons (Fsp3) is 0.375. The van der Waals surface area contributed by atoms with E-state index < -0.39 is 5.97 Å². The minimum absolute atomic E-state index is 0.0919. The van der Waals surface area contributed by atoms with Crippen molar-refractivity contribution >= 4 is 22.8 Å². The average Bonchev–Trinajstić information content (AvgIpc) is 2.89. The molecule has 0 aliphatic carbocycles. The first-order valence-corrected chi connectivity index (χ1v) is 7.14. The number of carbonyl (C=O) groups excluding carboxylic acids is 2. The van der Waals surface area contributed by atoms with Crippen molar-refractivity contribution in [3.05, 3.63) is 36.0 Å². The van der Waals surface area contributed by atoms with E-state index in [-0.39, 0.29) is 18.6 Å². The van der Waals surface area contributed by atoms with Gasteiger partial charge in [0.2, 0.25) is 0 Å². The van der Waals surface area contributed by atoms with Gasteiger partial charge in [-0.2, -0.15) is 0 Å². The molecule has 1 atom stereocenters. The minimum Gasteiger partial charge on any atom is -0.451 e. The van der Waals surface area contributed by atoms with Gasteiger partial charge in [-0.15, -0.1) is 0 Å². The summed E-state index contributed by atoms with van der Waals surface area (Å²) in [4.78, 5) is 26.5. The Labute approximate surface area is 123 Å². The number of hydrogen-bond acceptors (Lipinski definition) is 3. The highest BCUT2D eigenvalue weighted by Crippen LogP contribution is 2.15. The Morgan fingerprint density at radius 2 is 2.10 bits per heavy atom. The Morgan fingerprint density at radius 1 is 1.33 bits per heavy atom. The zero-order valence-electron chi connectivity index (χ0n) is 12.3. The Bertz CT molecular complexity index is 600. The van der Waals surface area contributed by atoms with Crippen molar-refractivity contribution in [2.75, 3.05) is 6.61 Å². The summed E-state index contributed by atoms with van der Waals surface area (Å²) < 4.78 is 5.02. The largest absolute Gasteiger partial charge is 0.451 e. The lowest BCUT2D eigenvalue weighted by molar-refractivity contribution is -0.124. The van der Waals surface area contributed by atoms with Crippen molar-refractivity contribution in [2.45, 2.75) is 32.7 Å². The van der Waals surface area contributed by atoms with E-state index in [1.807, 2.05) is 31.2 Å². The molecule has 1 aromatic carbocycles. The molecule has 5 nitrogen and oxygen atoms in total. The van der Waals surface area contributed by atoms with E-state index in [1.165, 1.54) is 0 Å². The summed E-state index contributed by atoms with van der Waals surface area (Å²) in [6, 6.07) is 9.38. The Kier molecular flexibility index (Phi) is 4.98. The van der Waals surface area contributed by atoms with Crippen molar-refractivity contribution in [3.63, 3.8) is 0 Å². The molecule has 0 radical (unpaired) electrons. The highest BCUT2D eigenvalue weighted by molar-refractivity contribution is 5.95. The number of carbonyl (C=O) groups is 2. The molecule has 0 spiro atoms. The zero-order valence-corrected chi connectivity index (χ0v) is 12.3. The van der Waals surface area contributed by atoms with Crippen LogP contribution in [0.3, 0.4) is 0 Å². The summed E-state index contributed by atoms with van der Waals surface area (Å²) in [5.41, 5.74) is 1.22. The van der Waals surface area contributed by atoms with Gasteiger partial charge in [0.05, 0.1) is 0 Å². The predicted molar refractivity (Wildman–Crippen MR) is 81.1 cm³/mol. The second kappa shape index (κ2) is 6.92. The molecule has 0 unspecified atom stereocenters.